The Hall–Kier alpha value is -2.02. The third kappa shape index (κ3) is 4.15. The summed E-state index contributed by atoms with van der Waals surface area (Å²) in [4.78, 5) is 6.02. The molecular formula is C13H16FN3. The fourth-order valence-corrected chi connectivity index (χ4v) is 1.45. The first-order valence-corrected chi connectivity index (χ1v) is 5.27. The zero-order valence-electron chi connectivity index (χ0n) is 10.1. The summed E-state index contributed by atoms with van der Waals surface area (Å²) in [5, 5.41) is 3.02. The Balaban J connectivity index is 2.61. The van der Waals surface area contributed by atoms with Gasteiger partial charge in [0.1, 0.15) is 5.82 Å². The summed E-state index contributed by atoms with van der Waals surface area (Å²) >= 11 is 0. The van der Waals surface area contributed by atoms with Crippen molar-refractivity contribution in [3.63, 3.8) is 0 Å². The van der Waals surface area contributed by atoms with Gasteiger partial charge in [0.2, 0.25) is 0 Å². The Labute approximate surface area is 101 Å². The molecule has 0 radical (unpaired) electrons. The molecule has 0 saturated carbocycles. The Morgan fingerprint density at radius 3 is 2.65 bits per heavy atom. The Morgan fingerprint density at radius 1 is 1.47 bits per heavy atom. The summed E-state index contributed by atoms with van der Waals surface area (Å²) in [7, 11) is 3.59. The first-order chi connectivity index (χ1) is 8.17. The van der Waals surface area contributed by atoms with Gasteiger partial charge >= 0.3 is 0 Å². The van der Waals surface area contributed by atoms with Crippen molar-refractivity contribution in [3.8, 4) is 12.3 Å². The van der Waals surface area contributed by atoms with E-state index in [2.05, 4.69) is 16.2 Å². The molecule has 0 amide bonds. The number of benzene rings is 1. The normalized spacial score (nSPS) is 10.8. The monoisotopic (exact) mass is 233 g/mol. The van der Waals surface area contributed by atoms with Crippen molar-refractivity contribution in [2.45, 2.75) is 6.54 Å². The molecule has 0 heterocycles. The minimum atomic E-state index is -0.230. The van der Waals surface area contributed by atoms with Crippen LogP contribution in [-0.4, -0.2) is 31.5 Å². The summed E-state index contributed by atoms with van der Waals surface area (Å²) in [6, 6.07) is 6.39. The van der Waals surface area contributed by atoms with E-state index in [9.17, 15) is 4.39 Å². The van der Waals surface area contributed by atoms with E-state index < -0.39 is 0 Å². The number of guanidine groups is 1. The van der Waals surface area contributed by atoms with Gasteiger partial charge in [-0.25, -0.2) is 4.39 Å². The quantitative estimate of drug-likeness (QED) is 0.486. The van der Waals surface area contributed by atoms with Crippen LogP contribution in [0.5, 0.6) is 0 Å². The molecule has 0 fully saturated rings. The largest absolute Gasteiger partial charge is 0.345 e. The van der Waals surface area contributed by atoms with E-state index in [1.807, 2.05) is 11.9 Å². The van der Waals surface area contributed by atoms with E-state index in [4.69, 9.17) is 6.42 Å². The Kier molecular flexibility index (Phi) is 5.02. The lowest BCUT2D eigenvalue weighted by Gasteiger charge is -2.21. The maximum atomic E-state index is 12.7. The second-order valence-electron chi connectivity index (χ2n) is 3.59. The lowest BCUT2D eigenvalue weighted by Crippen LogP contribution is -2.38. The molecule has 0 aliphatic heterocycles. The molecule has 0 aliphatic carbocycles. The second-order valence-corrected chi connectivity index (χ2v) is 3.59. The van der Waals surface area contributed by atoms with Crippen molar-refractivity contribution in [2.75, 3.05) is 20.6 Å². The molecule has 1 aromatic rings. The number of hydrogen-bond donors (Lipinski definition) is 1. The van der Waals surface area contributed by atoms with Gasteiger partial charge in [0.25, 0.3) is 0 Å². The van der Waals surface area contributed by atoms with Crippen molar-refractivity contribution in [1.29, 1.82) is 0 Å². The van der Waals surface area contributed by atoms with Crippen molar-refractivity contribution < 1.29 is 4.39 Å². The Bertz CT molecular complexity index is 417. The van der Waals surface area contributed by atoms with Crippen LogP contribution in [0, 0.1) is 18.2 Å². The third-order valence-electron chi connectivity index (χ3n) is 2.25. The summed E-state index contributed by atoms with van der Waals surface area (Å²) in [6.45, 7) is 1.07. The highest BCUT2D eigenvalue weighted by Gasteiger charge is 2.05. The Morgan fingerprint density at radius 2 is 2.12 bits per heavy atom. The van der Waals surface area contributed by atoms with Crippen molar-refractivity contribution in [2.24, 2.45) is 4.99 Å². The molecule has 0 spiro atoms. The smallest absolute Gasteiger partial charge is 0.194 e. The van der Waals surface area contributed by atoms with Crippen LogP contribution in [0.1, 0.15) is 5.56 Å². The average molecular weight is 233 g/mol. The maximum Gasteiger partial charge on any atom is 0.194 e. The number of hydrogen-bond acceptors (Lipinski definition) is 1. The molecule has 0 atom stereocenters. The zero-order valence-corrected chi connectivity index (χ0v) is 10.1. The number of rotatable bonds is 3. The van der Waals surface area contributed by atoms with Gasteiger partial charge in [0.05, 0.1) is 6.54 Å². The summed E-state index contributed by atoms with van der Waals surface area (Å²) in [5.74, 6) is 2.98. The first kappa shape index (κ1) is 13.0. The topological polar surface area (TPSA) is 27.6 Å². The third-order valence-corrected chi connectivity index (χ3v) is 2.25. The lowest BCUT2D eigenvalue weighted by atomic mass is 10.2. The molecule has 0 aromatic heterocycles. The zero-order chi connectivity index (χ0) is 12.7. The van der Waals surface area contributed by atoms with Gasteiger partial charge in [-0.1, -0.05) is 18.1 Å². The minimum absolute atomic E-state index is 0.230. The van der Waals surface area contributed by atoms with E-state index >= 15 is 0 Å². The average Bonchev–Trinajstić information content (AvgIpc) is 2.33. The van der Waals surface area contributed by atoms with Crippen LogP contribution in [0.2, 0.25) is 0 Å². The van der Waals surface area contributed by atoms with Crippen LogP contribution in [0.25, 0.3) is 0 Å². The maximum absolute atomic E-state index is 12.7. The molecule has 0 saturated heterocycles. The van der Waals surface area contributed by atoms with Gasteiger partial charge in [-0.05, 0) is 17.7 Å². The van der Waals surface area contributed by atoms with Gasteiger partial charge in [-0.15, -0.1) is 6.42 Å². The molecule has 4 heteroatoms. The van der Waals surface area contributed by atoms with Crippen molar-refractivity contribution in [1.82, 2.24) is 10.2 Å². The van der Waals surface area contributed by atoms with E-state index in [0.717, 1.165) is 5.56 Å². The molecule has 1 N–H and O–H groups in total. The molecule has 0 aliphatic rings. The molecular weight excluding hydrogens is 217 g/mol. The van der Waals surface area contributed by atoms with Gasteiger partial charge < -0.3 is 10.2 Å². The number of terminal acetylenes is 1. The highest BCUT2D eigenvalue weighted by molar-refractivity contribution is 5.79. The number of nitrogens with one attached hydrogen (secondary N) is 1. The van der Waals surface area contributed by atoms with Crippen LogP contribution in [0.3, 0.4) is 0 Å². The van der Waals surface area contributed by atoms with Crippen LogP contribution in [-0.2, 0) is 6.54 Å². The highest BCUT2D eigenvalue weighted by Crippen LogP contribution is 2.05. The van der Waals surface area contributed by atoms with Crippen LogP contribution in [0.4, 0.5) is 4.39 Å². The van der Waals surface area contributed by atoms with Crippen LogP contribution < -0.4 is 5.32 Å². The van der Waals surface area contributed by atoms with Gasteiger partial charge in [-0.3, -0.25) is 4.99 Å². The van der Waals surface area contributed by atoms with Gasteiger partial charge in [-0.2, -0.15) is 0 Å². The fourth-order valence-electron chi connectivity index (χ4n) is 1.45. The predicted molar refractivity (Wildman–Crippen MR) is 68.1 cm³/mol. The standard InChI is InChI=1S/C13H16FN3/c1-4-9-16-13(15-2)17(3)10-11-5-7-12(14)8-6-11/h1,5-8H,9-10H2,2-3H3,(H,15,16). The number of aliphatic imine (C=N–C) groups is 1. The molecule has 17 heavy (non-hydrogen) atoms. The summed E-state index contributed by atoms with van der Waals surface area (Å²) in [5.41, 5.74) is 1.01. The lowest BCUT2D eigenvalue weighted by molar-refractivity contribution is 0.480. The minimum Gasteiger partial charge on any atom is -0.345 e. The van der Waals surface area contributed by atoms with E-state index in [-0.39, 0.29) is 5.82 Å². The number of halogens is 1. The first-order valence-electron chi connectivity index (χ1n) is 5.27. The molecule has 1 rings (SSSR count). The number of nitrogens with zero attached hydrogens (tertiary/aromatic N) is 2. The van der Waals surface area contributed by atoms with E-state index in [1.54, 1.807) is 19.2 Å². The van der Waals surface area contributed by atoms with E-state index in [0.29, 0.717) is 19.0 Å². The second kappa shape index (κ2) is 6.54. The van der Waals surface area contributed by atoms with Gasteiger partial charge in [0.15, 0.2) is 5.96 Å². The summed E-state index contributed by atoms with van der Waals surface area (Å²) in [6.07, 6.45) is 5.17. The SMILES string of the molecule is C#CCNC(=NC)N(C)Cc1ccc(F)cc1. The van der Waals surface area contributed by atoms with Crippen molar-refractivity contribution in [3.05, 3.63) is 35.6 Å². The molecule has 90 valence electrons. The van der Waals surface area contributed by atoms with Crippen LogP contribution in [0.15, 0.2) is 29.3 Å². The van der Waals surface area contributed by atoms with Gasteiger partial charge in [0, 0.05) is 20.6 Å². The molecule has 1 aromatic carbocycles. The van der Waals surface area contributed by atoms with E-state index in [1.165, 1.54) is 12.1 Å². The molecule has 0 bridgehead atoms. The van der Waals surface area contributed by atoms with Crippen LogP contribution >= 0.6 is 0 Å². The summed E-state index contributed by atoms with van der Waals surface area (Å²) < 4.78 is 12.7. The fraction of sp³-hybridized carbons (Fsp3) is 0.308. The predicted octanol–water partition coefficient (Wildman–Crippen LogP) is 1.47. The molecule has 3 nitrogen and oxygen atoms in total. The highest BCUT2D eigenvalue weighted by atomic mass is 19.1. The molecule has 0 unspecified atom stereocenters. The van der Waals surface area contributed by atoms with Crippen molar-refractivity contribution >= 4 is 5.96 Å².